The molecule has 0 aliphatic rings. The average molecular weight is 177 g/mol. The van der Waals surface area contributed by atoms with Crippen LogP contribution in [0, 0.1) is 5.82 Å². The lowest BCUT2D eigenvalue weighted by Crippen LogP contribution is -2.04. The van der Waals surface area contributed by atoms with Crippen LogP contribution in [0.2, 0.25) is 0 Å². The van der Waals surface area contributed by atoms with Crippen molar-refractivity contribution in [3.05, 3.63) is 17.6 Å². The summed E-state index contributed by atoms with van der Waals surface area (Å²) in [6.07, 6.45) is -2.85. The van der Waals surface area contributed by atoms with Gasteiger partial charge in [-0.1, -0.05) is 0 Å². The summed E-state index contributed by atoms with van der Waals surface area (Å²) in [6.45, 7) is 0. The first-order valence-corrected chi connectivity index (χ1v) is 3.02. The van der Waals surface area contributed by atoms with Crippen molar-refractivity contribution in [2.75, 3.05) is 11.5 Å². The third-order valence-electron chi connectivity index (χ3n) is 1.28. The van der Waals surface area contributed by atoms with E-state index in [1.807, 2.05) is 0 Å². The van der Waals surface area contributed by atoms with Crippen molar-refractivity contribution in [2.45, 2.75) is 6.43 Å². The number of hydrogen-bond donors (Lipinski definition) is 2. The molecule has 1 heterocycles. The van der Waals surface area contributed by atoms with Gasteiger partial charge in [-0.3, -0.25) is 0 Å². The van der Waals surface area contributed by atoms with E-state index in [0.29, 0.717) is 6.07 Å². The minimum Gasteiger partial charge on any atom is -0.393 e. The van der Waals surface area contributed by atoms with Crippen LogP contribution in [0.25, 0.3) is 0 Å². The zero-order valence-electron chi connectivity index (χ0n) is 5.89. The highest BCUT2D eigenvalue weighted by Crippen LogP contribution is 2.23. The highest BCUT2D eigenvalue weighted by molar-refractivity contribution is 5.59. The van der Waals surface area contributed by atoms with Crippen molar-refractivity contribution in [3.8, 4) is 0 Å². The van der Waals surface area contributed by atoms with Gasteiger partial charge in [0.05, 0.1) is 0 Å². The van der Waals surface area contributed by atoms with Crippen LogP contribution < -0.4 is 11.5 Å². The Morgan fingerprint density at radius 3 is 2.33 bits per heavy atom. The summed E-state index contributed by atoms with van der Waals surface area (Å²) in [7, 11) is 0. The van der Waals surface area contributed by atoms with Gasteiger partial charge in [0.2, 0.25) is 0 Å². The third-order valence-corrected chi connectivity index (χ3v) is 1.28. The second-order valence-corrected chi connectivity index (χ2v) is 2.13. The van der Waals surface area contributed by atoms with Gasteiger partial charge < -0.3 is 11.5 Å². The summed E-state index contributed by atoms with van der Waals surface area (Å²) in [5.74, 6) is -1.39. The maximum atomic E-state index is 12.6. The van der Waals surface area contributed by atoms with E-state index < -0.39 is 29.4 Å². The number of pyridine rings is 1. The SMILES string of the molecule is Nc1nc(C(F)F)cc(F)c1N. The van der Waals surface area contributed by atoms with Gasteiger partial charge in [0.15, 0.2) is 5.82 Å². The molecular weight excluding hydrogens is 171 g/mol. The molecule has 12 heavy (non-hydrogen) atoms. The summed E-state index contributed by atoms with van der Waals surface area (Å²) >= 11 is 0. The molecule has 1 aromatic rings. The number of nitrogens with zero attached hydrogens (tertiary/aromatic N) is 1. The van der Waals surface area contributed by atoms with Crippen molar-refractivity contribution >= 4 is 11.5 Å². The average Bonchev–Trinajstić information content (AvgIpc) is 1.99. The zero-order valence-corrected chi connectivity index (χ0v) is 5.89. The predicted octanol–water partition coefficient (Wildman–Crippen LogP) is 1.32. The van der Waals surface area contributed by atoms with Crippen LogP contribution in [-0.2, 0) is 0 Å². The van der Waals surface area contributed by atoms with Gasteiger partial charge in [0, 0.05) is 6.07 Å². The van der Waals surface area contributed by atoms with Gasteiger partial charge in [0.25, 0.3) is 6.43 Å². The summed E-state index contributed by atoms with van der Waals surface area (Å²) in [5, 5.41) is 0. The van der Waals surface area contributed by atoms with Crippen LogP contribution >= 0.6 is 0 Å². The van der Waals surface area contributed by atoms with E-state index in [9.17, 15) is 13.2 Å². The number of nitrogen functional groups attached to an aromatic ring is 2. The number of aromatic nitrogens is 1. The van der Waals surface area contributed by atoms with Crippen LogP contribution in [0.5, 0.6) is 0 Å². The zero-order chi connectivity index (χ0) is 9.30. The van der Waals surface area contributed by atoms with Crippen LogP contribution in [0.15, 0.2) is 6.07 Å². The van der Waals surface area contributed by atoms with Crippen molar-refractivity contribution < 1.29 is 13.2 Å². The second-order valence-electron chi connectivity index (χ2n) is 2.13. The molecule has 0 fully saturated rings. The highest BCUT2D eigenvalue weighted by Gasteiger charge is 2.13. The molecule has 1 aromatic heterocycles. The Balaban J connectivity index is 3.21. The van der Waals surface area contributed by atoms with Crippen LogP contribution in [0.4, 0.5) is 24.7 Å². The Morgan fingerprint density at radius 2 is 1.92 bits per heavy atom. The molecule has 0 radical (unpaired) electrons. The molecule has 0 aliphatic heterocycles. The van der Waals surface area contributed by atoms with Gasteiger partial charge in [-0.2, -0.15) is 0 Å². The molecular formula is C6H6F3N3. The van der Waals surface area contributed by atoms with Gasteiger partial charge in [-0.05, 0) is 0 Å². The molecule has 4 N–H and O–H groups in total. The molecule has 0 aromatic carbocycles. The van der Waals surface area contributed by atoms with Crippen molar-refractivity contribution in [2.24, 2.45) is 0 Å². The van der Waals surface area contributed by atoms with Gasteiger partial charge >= 0.3 is 0 Å². The van der Waals surface area contributed by atoms with E-state index >= 15 is 0 Å². The molecule has 0 atom stereocenters. The number of alkyl halides is 2. The van der Waals surface area contributed by atoms with E-state index in [0.717, 1.165) is 0 Å². The monoisotopic (exact) mass is 177 g/mol. The number of hydrogen-bond acceptors (Lipinski definition) is 3. The summed E-state index contributed by atoms with van der Waals surface area (Å²) in [4.78, 5) is 3.20. The van der Waals surface area contributed by atoms with Crippen molar-refractivity contribution in [3.63, 3.8) is 0 Å². The lowest BCUT2D eigenvalue weighted by molar-refractivity contribution is 0.146. The molecule has 0 saturated carbocycles. The van der Waals surface area contributed by atoms with E-state index in [2.05, 4.69) is 4.98 Å². The smallest absolute Gasteiger partial charge is 0.280 e. The molecule has 0 amide bonds. The molecule has 0 bridgehead atoms. The fourth-order valence-corrected chi connectivity index (χ4v) is 0.673. The van der Waals surface area contributed by atoms with E-state index in [1.165, 1.54) is 0 Å². The van der Waals surface area contributed by atoms with E-state index in [-0.39, 0.29) is 0 Å². The molecule has 0 saturated heterocycles. The number of rotatable bonds is 1. The molecule has 6 heteroatoms. The Labute approximate surface area is 66.2 Å². The Morgan fingerprint density at radius 1 is 1.33 bits per heavy atom. The normalized spacial score (nSPS) is 10.7. The van der Waals surface area contributed by atoms with Crippen molar-refractivity contribution in [1.82, 2.24) is 4.98 Å². The minimum atomic E-state index is -2.85. The molecule has 0 unspecified atom stereocenters. The molecule has 0 spiro atoms. The second kappa shape index (κ2) is 2.88. The summed E-state index contributed by atoms with van der Waals surface area (Å²) in [5.41, 5.74) is 8.98. The molecule has 66 valence electrons. The minimum absolute atomic E-state index is 0.403. The van der Waals surface area contributed by atoms with Crippen LogP contribution in [0.1, 0.15) is 12.1 Å². The van der Waals surface area contributed by atoms with Crippen LogP contribution in [-0.4, -0.2) is 4.98 Å². The first-order valence-electron chi connectivity index (χ1n) is 3.02. The Kier molecular flexibility index (Phi) is 2.07. The fourth-order valence-electron chi connectivity index (χ4n) is 0.673. The fraction of sp³-hybridized carbons (Fsp3) is 0.167. The number of halogens is 3. The largest absolute Gasteiger partial charge is 0.393 e. The third kappa shape index (κ3) is 1.41. The van der Waals surface area contributed by atoms with Gasteiger partial charge in [-0.25, -0.2) is 18.2 Å². The number of anilines is 2. The first-order chi connectivity index (χ1) is 5.52. The lowest BCUT2D eigenvalue weighted by Gasteiger charge is -2.03. The first kappa shape index (κ1) is 8.63. The number of nitrogens with two attached hydrogens (primary N) is 2. The quantitative estimate of drug-likeness (QED) is 0.679. The van der Waals surface area contributed by atoms with Crippen molar-refractivity contribution in [1.29, 1.82) is 0 Å². The topological polar surface area (TPSA) is 64.9 Å². The Bertz CT molecular complexity index is 277. The summed E-state index contributed by atoms with van der Waals surface area (Å²) < 4.78 is 36.5. The molecule has 0 aliphatic carbocycles. The van der Waals surface area contributed by atoms with E-state index in [4.69, 9.17) is 11.5 Å². The van der Waals surface area contributed by atoms with Gasteiger partial charge in [-0.15, -0.1) is 0 Å². The predicted molar refractivity (Wildman–Crippen MR) is 38.0 cm³/mol. The maximum absolute atomic E-state index is 12.6. The Hall–Kier alpha value is -1.46. The molecule has 3 nitrogen and oxygen atoms in total. The summed E-state index contributed by atoms with van der Waals surface area (Å²) in [6, 6.07) is 0.566. The standard InChI is InChI=1S/C6H6F3N3/c7-2-1-3(5(8)9)12-6(11)4(2)10/h1,5H,10H2,(H2,11,12). The van der Waals surface area contributed by atoms with Crippen LogP contribution in [0.3, 0.4) is 0 Å². The van der Waals surface area contributed by atoms with E-state index in [1.54, 1.807) is 0 Å². The maximum Gasteiger partial charge on any atom is 0.280 e. The molecule has 1 rings (SSSR count). The highest BCUT2D eigenvalue weighted by atomic mass is 19.3. The lowest BCUT2D eigenvalue weighted by atomic mass is 10.3. The van der Waals surface area contributed by atoms with Gasteiger partial charge in [0.1, 0.15) is 17.2 Å².